The van der Waals surface area contributed by atoms with Crippen LogP contribution in [0.5, 0.6) is 11.5 Å². The standard InChI is InChI=1S/C28H38N2O7/c1-6-9-28(29(2)3,16-23(31)34-5)26(32)37-25-22(33-4)15-27-10-7-11-30(27)12-8-18-13-20-21(36-17-35-20)14-19(18)24(25)27/h13-15,24-25H,6-12,16-17H2,1-5H3/t24-,25-,27+,28-/m1/s1. The lowest BCUT2D eigenvalue weighted by Gasteiger charge is -2.41. The largest absolute Gasteiger partial charge is 0.497 e. The number of hydrogen-bond acceptors (Lipinski definition) is 9. The lowest BCUT2D eigenvalue weighted by Crippen LogP contribution is -2.55. The summed E-state index contributed by atoms with van der Waals surface area (Å²) in [6.07, 6.45) is 5.51. The molecule has 0 saturated carbocycles. The molecule has 0 unspecified atom stereocenters. The van der Waals surface area contributed by atoms with Crippen LogP contribution in [0.25, 0.3) is 0 Å². The highest BCUT2D eigenvalue weighted by Crippen LogP contribution is 2.55. The van der Waals surface area contributed by atoms with Gasteiger partial charge in [0.2, 0.25) is 6.79 Å². The van der Waals surface area contributed by atoms with Crippen molar-refractivity contribution < 1.29 is 33.3 Å². The first kappa shape index (κ1) is 25.9. The van der Waals surface area contributed by atoms with E-state index in [1.807, 2.05) is 21.0 Å². The number of benzene rings is 1. The Hall–Kier alpha value is -2.78. The number of carbonyl (C=O) groups is 2. The van der Waals surface area contributed by atoms with Gasteiger partial charge in [0, 0.05) is 6.54 Å². The molecule has 0 aromatic heterocycles. The Bertz CT molecular complexity index is 1100. The first-order chi connectivity index (χ1) is 17.8. The molecule has 1 aromatic rings. The fourth-order valence-electron chi connectivity index (χ4n) is 6.87. The Morgan fingerprint density at radius 3 is 2.62 bits per heavy atom. The van der Waals surface area contributed by atoms with Gasteiger partial charge in [-0.3, -0.25) is 14.6 Å². The Kier molecular flexibility index (Phi) is 6.87. The molecule has 4 aliphatic rings. The first-order valence-corrected chi connectivity index (χ1v) is 13.2. The van der Waals surface area contributed by atoms with Crippen molar-refractivity contribution in [2.24, 2.45) is 0 Å². The molecule has 3 aliphatic heterocycles. The van der Waals surface area contributed by atoms with Crippen LogP contribution in [0.15, 0.2) is 24.0 Å². The number of esters is 2. The van der Waals surface area contributed by atoms with E-state index in [4.69, 9.17) is 23.7 Å². The zero-order valence-electron chi connectivity index (χ0n) is 22.5. The van der Waals surface area contributed by atoms with E-state index in [0.717, 1.165) is 49.4 Å². The van der Waals surface area contributed by atoms with E-state index >= 15 is 0 Å². The first-order valence-electron chi connectivity index (χ1n) is 13.2. The maximum atomic E-state index is 14.1. The summed E-state index contributed by atoms with van der Waals surface area (Å²) < 4.78 is 28.8. The van der Waals surface area contributed by atoms with E-state index in [1.165, 1.54) is 12.7 Å². The number of methoxy groups -OCH3 is 2. The Labute approximate surface area is 218 Å². The van der Waals surface area contributed by atoms with Gasteiger partial charge >= 0.3 is 11.9 Å². The number of nitrogens with zero attached hydrogens (tertiary/aromatic N) is 2. The highest BCUT2D eigenvalue weighted by atomic mass is 16.7. The summed E-state index contributed by atoms with van der Waals surface area (Å²) in [5.74, 6) is 1.08. The van der Waals surface area contributed by atoms with E-state index in [-0.39, 0.29) is 24.7 Å². The molecule has 1 fully saturated rings. The van der Waals surface area contributed by atoms with Crippen LogP contribution in [0.3, 0.4) is 0 Å². The molecule has 1 spiro atoms. The van der Waals surface area contributed by atoms with Crippen LogP contribution in [-0.2, 0) is 30.2 Å². The lowest BCUT2D eigenvalue weighted by molar-refractivity contribution is -0.169. The summed E-state index contributed by atoms with van der Waals surface area (Å²) in [6, 6.07) is 4.15. The summed E-state index contributed by atoms with van der Waals surface area (Å²) >= 11 is 0. The SMILES string of the molecule is CCC[C@@](CC(=O)OC)(C(=O)O[C@@H]1C(OC)=C[C@]23CCCN2CCc2cc4c(cc2[C@H]13)OCO4)N(C)C. The molecule has 37 heavy (non-hydrogen) atoms. The maximum absolute atomic E-state index is 14.1. The highest BCUT2D eigenvalue weighted by Gasteiger charge is 2.59. The van der Waals surface area contributed by atoms with Crippen LogP contribution in [0.1, 0.15) is 56.1 Å². The van der Waals surface area contributed by atoms with Crippen molar-refractivity contribution in [2.45, 2.75) is 68.5 Å². The quantitative estimate of drug-likeness (QED) is 0.486. The number of carbonyl (C=O) groups excluding carboxylic acids is 2. The van der Waals surface area contributed by atoms with E-state index < -0.39 is 23.6 Å². The number of fused-ring (bicyclic) bond motifs is 3. The van der Waals surface area contributed by atoms with Crippen molar-refractivity contribution in [1.29, 1.82) is 0 Å². The van der Waals surface area contributed by atoms with Gasteiger partial charge in [-0.05, 0) is 75.7 Å². The van der Waals surface area contributed by atoms with Gasteiger partial charge in [-0.1, -0.05) is 13.3 Å². The normalized spacial score (nSPS) is 27.5. The lowest BCUT2D eigenvalue weighted by atomic mass is 9.77. The van der Waals surface area contributed by atoms with Crippen molar-refractivity contribution >= 4 is 11.9 Å². The summed E-state index contributed by atoms with van der Waals surface area (Å²) in [5.41, 5.74) is 0.822. The molecule has 1 saturated heterocycles. The fourth-order valence-corrected chi connectivity index (χ4v) is 6.87. The second-order valence-corrected chi connectivity index (χ2v) is 10.7. The Balaban J connectivity index is 1.58. The van der Waals surface area contributed by atoms with Gasteiger partial charge in [-0.25, -0.2) is 4.79 Å². The van der Waals surface area contributed by atoms with Gasteiger partial charge in [-0.2, -0.15) is 0 Å². The van der Waals surface area contributed by atoms with Crippen molar-refractivity contribution in [3.63, 3.8) is 0 Å². The number of hydrogen-bond donors (Lipinski definition) is 0. The van der Waals surface area contributed by atoms with Crippen LogP contribution in [0.4, 0.5) is 0 Å². The van der Waals surface area contributed by atoms with Gasteiger partial charge in [0.1, 0.15) is 11.3 Å². The molecule has 4 atom stereocenters. The molecule has 0 amide bonds. The number of likely N-dealkylation sites (N-methyl/N-ethyl adjacent to an activating group) is 1. The van der Waals surface area contributed by atoms with Gasteiger partial charge in [-0.15, -0.1) is 0 Å². The minimum absolute atomic E-state index is 0.0842. The van der Waals surface area contributed by atoms with Gasteiger partial charge in [0.05, 0.1) is 32.1 Å². The third-order valence-corrected chi connectivity index (χ3v) is 8.76. The third-order valence-electron chi connectivity index (χ3n) is 8.76. The van der Waals surface area contributed by atoms with Crippen molar-refractivity contribution in [3.8, 4) is 11.5 Å². The Morgan fingerprint density at radius 2 is 1.95 bits per heavy atom. The highest BCUT2D eigenvalue weighted by molar-refractivity contribution is 5.87. The predicted octanol–water partition coefficient (Wildman–Crippen LogP) is 3.01. The molecule has 9 nitrogen and oxygen atoms in total. The predicted molar refractivity (Wildman–Crippen MR) is 135 cm³/mol. The van der Waals surface area contributed by atoms with E-state index in [0.29, 0.717) is 18.6 Å². The average Bonchev–Trinajstić information content (AvgIpc) is 3.57. The molecule has 3 heterocycles. The molecule has 0 radical (unpaired) electrons. The summed E-state index contributed by atoms with van der Waals surface area (Å²) in [5, 5.41) is 0. The van der Waals surface area contributed by atoms with Crippen molar-refractivity contribution in [1.82, 2.24) is 9.80 Å². The molecule has 5 rings (SSSR count). The molecule has 0 bridgehead atoms. The summed E-state index contributed by atoms with van der Waals surface area (Å²) in [4.78, 5) is 30.8. The molecular weight excluding hydrogens is 476 g/mol. The monoisotopic (exact) mass is 514 g/mol. The molecule has 9 heteroatoms. The molecule has 1 aromatic carbocycles. The van der Waals surface area contributed by atoms with Gasteiger partial charge in [0.25, 0.3) is 0 Å². The molecule has 1 aliphatic carbocycles. The summed E-state index contributed by atoms with van der Waals surface area (Å²) in [6.45, 7) is 4.08. The van der Waals surface area contributed by atoms with Crippen LogP contribution in [0, 0.1) is 0 Å². The van der Waals surface area contributed by atoms with E-state index in [1.54, 1.807) is 12.0 Å². The second kappa shape index (κ2) is 9.83. The molecular formula is C28H38N2O7. The second-order valence-electron chi connectivity index (χ2n) is 10.7. The smallest absolute Gasteiger partial charge is 0.327 e. The third kappa shape index (κ3) is 4.07. The van der Waals surface area contributed by atoms with E-state index in [9.17, 15) is 9.59 Å². The fraction of sp³-hybridized carbons (Fsp3) is 0.643. The molecule has 0 N–H and O–H groups in total. The molecule has 202 valence electrons. The topological polar surface area (TPSA) is 86.8 Å². The zero-order chi connectivity index (χ0) is 26.4. The van der Waals surface area contributed by atoms with Crippen molar-refractivity contribution in [3.05, 3.63) is 35.1 Å². The van der Waals surface area contributed by atoms with Gasteiger partial charge in [0.15, 0.2) is 17.6 Å². The summed E-state index contributed by atoms with van der Waals surface area (Å²) in [7, 11) is 6.59. The van der Waals surface area contributed by atoms with E-state index in [2.05, 4.69) is 23.1 Å². The number of rotatable bonds is 8. The Morgan fingerprint density at radius 1 is 1.19 bits per heavy atom. The van der Waals surface area contributed by atoms with Crippen LogP contribution in [-0.4, -0.2) is 87.1 Å². The van der Waals surface area contributed by atoms with Crippen LogP contribution >= 0.6 is 0 Å². The van der Waals surface area contributed by atoms with Crippen LogP contribution < -0.4 is 9.47 Å². The minimum Gasteiger partial charge on any atom is -0.497 e. The van der Waals surface area contributed by atoms with Crippen LogP contribution in [0.2, 0.25) is 0 Å². The average molecular weight is 515 g/mol. The van der Waals surface area contributed by atoms with Crippen molar-refractivity contribution in [2.75, 3.05) is 48.2 Å². The zero-order valence-corrected chi connectivity index (χ0v) is 22.5. The number of ether oxygens (including phenoxy) is 5. The van der Waals surface area contributed by atoms with Gasteiger partial charge < -0.3 is 23.7 Å². The minimum atomic E-state index is -1.14. The maximum Gasteiger partial charge on any atom is 0.327 e.